The van der Waals surface area contributed by atoms with Crippen LogP contribution in [0.1, 0.15) is 28.1 Å². The van der Waals surface area contributed by atoms with Gasteiger partial charge in [0, 0.05) is 0 Å². The number of Topliss-reactive ketones (excluding diaryl/α,β-unsaturated/α-hetero) is 1. The molecule has 88 valence electrons. The smallest absolute Gasteiger partial charge is 0.211 e. The van der Waals surface area contributed by atoms with Gasteiger partial charge in [-0.3, -0.25) is 4.79 Å². The topological polar surface area (TPSA) is 17.1 Å². The van der Waals surface area contributed by atoms with Crippen molar-refractivity contribution in [2.24, 2.45) is 0 Å². The molecule has 1 heterocycles. The Bertz CT molecular complexity index is 623. The lowest BCUT2D eigenvalue weighted by Crippen LogP contribution is -1.99. The van der Waals surface area contributed by atoms with Crippen LogP contribution in [0.3, 0.4) is 0 Å². The van der Waals surface area contributed by atoms with E-state index in [0.717, 1.165) is 23.3 Å². The first-order chi connectivity index (χ1) is 8.84. The first kappa shape index (κ1) is 11.2. The van der Waals surface area contributed by atoms with Gasteiger partial charge in [-0.05, 0) is 35.4 Å². The molecule has 1 aliphatic rings. The zero-order chi connectivity index (χ0) is 12.4. The van der Waals surface area contributed by atoms with Gasteiger partial charge in [0.15, 0.2) is 0 Å². The lowest BCUT2D eigenvalue weighted by molar-refractivity contribution is 0.106. The Morgan fingerprint density at radius 1 is 1.06 bits per heavy atom. The number of benzene rings is 1. The number of allylic oxidation sites excluding steroid dienone is 1. The van der Waals surface area contributed by atoms with Crippen LogP contribution in [-0.4, -0.2) is 5.78 Å². The minimum absolute atomic E-state index is 0.0793. The fraction of sp³-hybridized carbons (Fsp3) is 0.125. The van der Waals surface area contributed by atoms with Gasteiger partial charge in [-0.15, -0.1) is 17.1 Å². The highest BCUT2D eigenvalue weighted by atomic mass is 32.1. The molecule has 0 aliphatic heterocycles. The second-order valence-corrected chi connectivity index (χ2v) is 5.22. The van der Waals surface area contributed by atoms with Crippen molar-refractivity contribution in [2.75, 3.05) is 0 Å². The van der Waals surface area contributed by atoms with Crippen LogP contribution >= 0.6 is 11.3 Å². The molecule has 1 saturated carbocycles. The number of hydrogen-bond donors (Lipinski definition) is 0. The van der Waals surface area contributed by atoms with E-state index < -0.39 is 0 Å². The van der Waals surface area contributed by atoms with Gasteiger partial charge in [0.1, 0.15) is 0 Å². The third kappa shape index (κ3) is 2.35. The number of ketones is 1. The van der Waals surface area contributed by atoms with Gasteiger partial charge >= 0.3 is 0 Å². The second kappa shape index (κ2) is 4.77. The van der Waals surface area contributed by atoms with Gasteiger partial charge in [-0.2, -0.15) is 0 Å². The van der Waals surface area contributed by atoms with E-state index in [0.29, 0.717) is 5.57 Å². The molecule has 2 heteroatoms. The Morgan fingerprint density at radius 3 is 2.44 bits per heavy atom. The van der Waals surface area contributed by atoms with E-state index in [1.165, 1.54) is 16.9 Å². The highest BCUT2D eigenvalue weighted by Gasteiger charge is 2.17. The predicted molar refractivity (Wildman–Crippen MR) is 74.8 cm³/mol. The van der Waals surface area contributed by atoms with Gasteiger partial charge in [-0.25, -0.2) is 0 Å². The number of carbonyl (C=O) groups is 1. The molecule has 1 fully saturated rings. The minimum atomic E-state index is 0.0793. The Morgan fingerprint density at radius 2 is 1.83 bits per heavy atom. The molecule has 0 unspecified atom stereocenters. The normalized spacial score (nSPS) is 13.0. The summed E-state index contributed by atoms with van der Waals surface area (Å²) in [6.45, 7) is 0. The summed E-state index contributed by atoms with van der Waals surface area (Å²) < 4.78 is 0. The van der Waals surface area contributed by atoms with Crippen LogP contribution in [0.2, 0.25) is 0 Å². The Labute approximate surface area is 110 Å². The Balaban J connectivity index is 2.08. The van der Waals surface area contributed by atoms with Gasteiger partial charge < -0.3 is 0 Å². The third-order valence-corrected chi connectivity index (χ3v) is 3.70. The lowest BCUT2D eigenvalue weighted by atomic mass is 10.0. The molecule has 1 aromatic carbocycles. The van der Waals surface area contributed by atoms with E-state index in [1.807, 2.05) is 47.8 Å². The highest BCUT2D eigenvalue weighted by molar-refractivity contribution is 7.12. The van der Waals surface area contributed by atoms with E-state index in [-0.39, 0.29) is 5.78 Å². The number of rotatable bonds is 3. The molecular formula is C16H12OS. The summed E-state index contributed by atoms with van der Waals surface area (Å²) in [5.74, 6) is 0.0793. The van der Waals surface area contributed by atoms with Crippen LogP contribution < -0.4 is 0 Å². The lowest BCUT2D eigenvalue weighted by Gasteiger charge is -2.02. The van der Waals surface area contributed by atoms with E-state index >= 15 is 0 Å². The quantitative estimate of drug-likeness (QED) is 0.451. The molecule has 3 rings (SSSR count). The average molecular weight is 252 g/mol. The first-order valence-electron chi connectivity index (χ1n) is 5.97. The van der Waals surface area contributed by atoms with Crippen LogP contribution in [-0.2, 0) is 0 Å². The summed E-state index contributed by atoms with van der Waals surface area (Å²) in [5, 5.41) is 1.93. The monoisotopic (exact) mass is 252 g/mol. The summed E-state index contributed by atoms with van der Waals surface area (Å²) in [7, 11) is 0. The molecule has 0 saturated heterocycles. The van der Waals surface area contributed by atoms with Crippen molar-refractivity contribution in [1.82, 2.24) is 0 Å². The molecule has 1 aromatic heterocycles. The summed E-state index contributed by atoms with van der Waals surface area (Å²) in [6.07, 6.45) is 2.15. The molecule has 0 radical (unpaired) electrons. The third-order valence-electron chi connectivity index (χ3n) is 2.84. The molecule has 0 bridgehead atoms. The van der Waals surface area contributed by atoms with E-state index in [2.05, 4.69) is 5.73 Å². The van der Waals surface area contributed by atoms with Crippen LogP contribution in [0, 0.1) is 0 Å². The SMILES string of the molecule is O=C(C(=C=C1CC1)c1ccccc1)c1cccs1. The zero-order valence-electron chi connectivity index (χ0n) is 9.85. The molecule has 18 heavy (non-hydrogen) atoms. The molecule has 0 N–H and O–H groups in total. The summed E-state index contributed by atoms with van der Waals surface area (Å²) in [6, 6.07) is 13.6. The summed E-state index contributed by atoms with van der Waals surface area (Å²) >= 11 is 1.48. The Kier molecular flexibility index (Phi) is 2.97. The molecule has 1 aliphatic carbocycles. The molecular weight excluding hydrogens is 240 g/mol. The van der Waals surface area contributed by atoms with Gasteiger partial charge in [0.25, 0.3) is 0 Å². The predicted octanol–water partition coefficient (Wildman–Crippen LogP) is 4.33. The van der Waals surface area contributed by atoms with E-state index in [4.69, 9.17) is 0 Å². The second-order valence-electron chi connectivity index (χ2n) is 4.28. The standard InChI is InChI=1S/C16H12OS/c17-16(15-7-4-10-18-15)14(11-12-8-9-12)13-5-2-1-3-6-13/h1-7,10H,8-9H2. The molecule has 0 spiro atoms. The van der Waals surface area contributed by atoms with Crippen molar-refractivity contribution in [3.8, 4) is 0 Å². The van der Waals surface area contributed by atoms with Crippen LogP contribution in [0.4, 0.5) is 0 Å². The highest BCUT2D eigenvalue weighted by Crippen LogP contribution is 2.30. The van der Waals surface area contributed by atoms with Crippen molar-refractivity contribution in [3.05, 3.63) is 69.6 Å². The minimum Gasteiger partial charge on any atom is -0.287 e. The average Bonchev–Trinajstić information content (AvgIpc) is 3.07. The number of thiophene rings is 1. The molecule has 0 amide bonds. The van der Waals surface area contributed by atoms with Crippen LogP contribution in [0.25, 0.3) is 5.57 Å². The van der Waals surface area contributed by atoms with Crippen molar-refractivity contribution in [2.45, 2.75) is 12.8 Å². The van der Waals surface area contributed by atoms with E-state index in [1.54, 1.807) is 0 Å². The molecule has 1 nitrogen and oxygen atoms in total. The van der Waals surface area contributed by atoms with Gasteiger partial charge in [0.05, 0.1) is 10.5 Å². The van der Waals surface area contributed by atoms with Crippen molar-refractivity contribution < 1.29 is 4.79 Å². The van der Waals surface area contributed by atoms with Crippen LogP contribution in [0.15, 0.2) is 59.1 Å². The van der Waals surface area contributed by atoms with Crippen molar-refractivity contribution >= 4 is 22.7 Å². The van der Waals surface area contributed by atoms with Gasteiger partial charge in [-0.1, -0.05) is 36.4 Å². The summed E-state index contributed by atoms with van der Waals surface area (Å²) in [4.78, 5) is 13.2. The fourth-order valence-electron chi connectivity index (χ4n) is 1.76. The largest absolute Gasteiger partial charge is 0.287 e. The van der Waals surface area contributed by atoms with Crippen LogP contribution in [0.5, 0.6) is 0 Å². The van der Waals surface area contributed by atoms with Crippen molar-refractivity contribution in [1.29, 1.82) is 0 Å². The summed E-state index contributed by atoms with van der Waals surface area (Å²) in [5.41, 5.74) is 6.19. The fourth-order valence-corrected chi connectivity index (χ4v) is 2.43. The maximum Gasteiger partial charge on any atom is 0.211 e. The number of hydrogen-bond acceptors (Lipinski definition) is 2. The van der Waals surface area contributed by atoms with E-state index in [9.17, 15) is 4.79 Å². The first-order valence-corrected chi connectivity index (χ1v) is 6.85. The number of carbonyl (C=O) groups excluding carboxylic acids is 1. The molecule has 0 atom stereocenters. The van der Waals surface area contributed by atoms with Gasteiger partial charge in [0.2, 0.25) is 5.78 Å². The maximum absolute atomic E-state index is 12.5. The zero-order valence-corrected chi connectivity index (χ0v) is 10.7. The molecule has 2 aromatic rings. The Hall–Kier alpha value is -1.89. The van der Waals surface area contributed by atoms with Crippen molar-refractivity contribution in [3.63, 3.8) is 0 Å². The maximum atomic E-state index is 12.5.